The van der Waals surface area contributed by atoms with E-state index in [0.717, 1.165) is 17.0 Å². The summed E-state index contributed by atoms with van der Waals surface area (Å²) in [7, 11) is 1.59. The number of methoxy groups -OCH3 is 1. The van der Waals surface area contributed by atoms with E-state index in [1.54, 1.807) is 12.0 Å². The summed E-state index contributed by atoms with van der Waals surface area (Å²) in [4.78, 5) is 15.1. The fourth-order valence-electron chi connectivity index (χ4n) is 3.67. The first kappa shape index (κ1) is 25.8. The molecule has 0 bridgehead atoms. The summed E-state index contributed by atoms with van der Waals surface area (Å²) in [5.41, 5.74) is 2.95. The Balaban J connectivity index is 1.37. The van der Waals surface area contributed by atoms with Crippen LogP contribution in [0.15, 0.2) is 77.7 Å². The Kier molecular flexibility index (Phi) is 8.01. The molecule has 0 spiro atoms. The lowest BCUT2D eigenvalue weighted by Gasteiger charge is -2.19. The van der Waals surface area contributed by atoms with Crippen molar-refractivity contribution in [3.63, 3.8) is 0 Å². The van der Waals surface area contributed by atoms with Gasteiger partial charge < -0.3 is 14.2 Å². The number of amides is 1. The van der Waals surface area contributed by atoms with E-state index in [1.807, 2.05) is 66.7 Å². The number of ether oxygens (including phenoxy) is 3. The summed E-state index contributed by atoms with van der Waals surface area (Å²) in [6.45, 7) is 7.33. The fourth-order valence-corrected chi connectivity index (χ4v) is 4.97. The van der Waals surface area contributed by atoms with Crippen LogP contribution in [0.1, 0.15) is 31.9 Å². The lowest BCUT2D eigenvalue weighted by molar-refractivity contribution is -0.113. The zero-order valence-electron chi connectivity index (χ0n) is 20.8. The quantitative estimate of drug-likeness (QED) is 0.184. The summed E-state index contributed by atoms with van der Waals surface area (Å²) >= 11 is 6.74. The van der Waals surface area contributed by atoms with E-state index < -0.39 is 0 Å². The molecule has 0 aromatic heterocycles. The molecule has 1 saturated heterocycles. The molecule has 0 N–H and O–H groups in total. The molecule has 1 aliphatic rings. The topological polar surface area (TPSA) is 48.0 Å². The molecule has 7 heteroatoms. The van der Waals surface area contributed by atoms with Crippen LogP contribution in [0.3, 0.4) is 0 Å². The van der Waals surface area contributed by atoms with Gasteiger partial charge >= 0.3 is 0 Å². The highest BCUT2D eigenvalue weighted by Crippen LogP contribution is 2.37. The van der Waals surface area contributed by atoms with Crippen LogP contribution < -0.4 is 19.1 Å². The average molecular weight is 520 g/mol. The van der Waals surface area contributed by atoms with Crippen molar-refractivity contribution < 1.29 is 19.0 Å². The lowest BCUT2D eigenvalue weighted by Crippen LogP contribution is -2.27. The van der Waals surface area contributed by atoms with Gasteiger partial charge in [0.25, 0.3) is 5.91 Å². The summed E-state index contributed by atoms with van der Waals surface area (Å²) < 4.78 is 17.7. The molecular weight excluding hydrogens is 490 g/mol. The van der Waals surface area contributed by atoms with Gasteiger partial charge in [0.2, 0.25) is 0 Å². The molecule has 0 aliphatic carbocycles. The van der Waals surface area contributed by atoms with Crippen LogP contribution in [0.25, 0.3) is 6.08 Å². The van der Waals surface area contributed by atoms with Crippen molar-refractivity contribution in [2.75, 3.05) is 25.2 Å². The smallest absolute Gasteiger partial charge is 0.270 e. The molecule has 3 aromatic rings. The molecule has 1 heterocycles. The molecule has 1 aliphatic heterocycles. The van der Waals surface area contributed by atoms with Crippen LogP contribution in [-0.4, -0.2) is 30.6 Å². The standard InChI is InChI=1S/C29H29NO4S2/c1-29(2,3)21-11-13-23(14-12-21)33-16-17-34-24-15-10-20(18-25(24)32-4)19-26-27(31)30(28(35)36-26)22-8-6-5-7-9-22/h5-15,18-19H,16-17H2,1-4H3/b26-19-. The minimum atomic E-state index is -0.136. The van der Waals surface area contributed by atoms with E-state index in [4.69, 9.17) is 26.4 Å². The van der Waals surface area contributed by atoms with Gasteiger partial charge in [-0.3, -0.25) is 9.69 Å². The lowest BCUT2D eigenvalue weighted by atomic mass is 9.87. The minimum Gasteiger partial charge on any atom is -0.493 e. The van der Waals surface area contributed by atoms with Crippen LogP contribution in [-0.2, 0) is 10.2 Å². The predicted octanol–water partition coefficient (Wildman–Crippen LogP) is 6.86. The summed E-state index contributed by atoms with van der Waals surface area (Å²) in [5, 5.41) is 0. The number of anilines is 1. The van der Waals surface area contributed by atoms with Gasteiger partial charge in [0.05, 0.1) is 17.7 Å². The summed E-state index contributed by atoms with van der Waals surface area (Å²) in [5.74, 6) is 1.86. The number of rotatable bonds is 8. The largest absolute Gasteiger partial charge is 0.493 e. The zero-order valence-corrected chi connectivity index (χ0v) is 22.4. The second-order valence-electron chi connectivity index (χ2n) is 9.23. The summed E-state index contributed by atoms with van der Waals surface area (Å²) in [6, 6.07) is 23.1. The molecule has 0 radical (unpaired) electrons. The molecule has 1 fully saturated rings. The zero-order chi connectivity index (χ0) is 25.7. The Hall–Kier alpha value is -3.29. The van der Waals surface area contributed by atoms with Gasteiger partial charge in [0.1, 0.15) is 19.0 Å². The van der Waals surface area contributed by atoms with Gasteiger partial charge in [-0.25, -0.2) is 0 Å². The fraction of sp³-hybridized carbons (Fsp3) is 0.241. The Morgan fingerprint density at radius 2 is 1.61 bits per heavy atom. The first-order chi connectivity index (χ1) is 17.3. The molecule has 0 unspecified atom stereocenters. The Bertz CT molecular complexity index is 1260. The van der Waals surface area contributed by atoms with Crippen molar-refractivity contribution in [2.24, 2.45) is 0 Å². The van der Waals surface area contributed by atoms with Crippen molar-refractivity contribution in [2.45, 2.75) is 26.2 Å². The van der Waals surface area contributed by atoms with Crippen molar-refractivity contribution in [1.29, 1.82) is 0 Å². The van der Waals surface area contributed by atoms with Gasteiger partial charge in [-0.2, -0.15) is 0 Å². The van der Waals surface area contributed by atoms with Gasteiger partial charge in [-0.1, -0.05) is 81.1 Å². The molecule has 0 atom stereocenters. The van der Waals surface area contributed by atoms with E-state index in [9.17, 15) is 4.79 Å². The highest BCUT2D eigenvalue weighted by Gasteiger charge is 2.33. The third-order valence-corrected chi connectivity index (χ3v) is 6.93. The number of carbonyl (C=O) groups excluding carboxylic acids is 1. The third kappa shape index (κ3) is 6.09. The van der Waals surface area contributed by atoms with Crippen molar-refractivity contribution in [3.8, 4) is 17.2 Å². The third-order valence-electron chi connectivity index (χ3n) is 5.62. The predicted molar refractivity (Wildman–Crippen MR) is 151 cm³/mol. The van der Waals surface area contributed by atoms with E-state index >= 15 is 0 Å². The number of carbonyl (C=O) groups is 1. The number of hydrogen-bond donors (Lipinski definition) is 0. The first-order valence-corrected chi connectivity index (χ1v) is 12.9. The molecule has 5 nitrogen and oxygen atoms in total. The van der Waals surface area contributed by atoms with Gasteiger partial charge in [-0.15, -0.1) is 0 Å². The normalized spacial score (nSPS) is 14.9. The SMILES string of the molecule is COc1cc(/C=C2\SC(=S)N(c3ccccc3)C2=O)ccc1OCCOc1ccc(C(C)(C)C)cc1. The molecular formula is C29H29NO4S2. The van der Waals surface area contributed by atoms with Crippen LogP contribution in [0.4, 0.5) is 5.69 Å². The van der Waals surface area contributed by atoms with E-state index in [-0.39, 0.29) is 11.3 Å². The van der Waals surface area contributed by atoms with Gasteiger partial charge in [0.15, 0.2) is 15.8 Å². The van der Waals surface area contributed by atoms with Crippen molar-refractivity contribution in [1.82, 2.24) is 0 Å². The number of thioether (sulfide) groups is 1. The number of para-hydroxylation sites is 1. The van der Waals surface area contributed by atoms with Crippen LogP contribution >= 0.6 is 24.0 Å². The molecule has 186 valence electrons. The number of nitrogens with zero attached hydrogens (tertiary/aromatic N) is 1. The molecule has 1 amide bonds. The minimum absolute atomic E-state index is 0.108. The Morgan fingerprint density at radius 3 is 2.28 bits per heavy atom. The van der Waals surface area contributed by atoms with E-state index in [1.165, 1.54) is 17.3 Å². The second-order valence-corrected chi connectivity index (χ2v) is 10.9. The van der Waals surface area contributed by atoms with Crippen LogP contribution in [0.5, 0.6) is 17.2 Å². The average Bonchev–Trinajstić information content (AvgIpc) is 3.15. The maximum atomic E-state index is 13.0. The first-order valence-electron chi connectivity index (χ1n) is 11.6. The highest BCUT2D eigenvalue weighted by molar-refractivity contribution is 8.27. The monoisotopic (exact) mass is 519 g/mol. The molecule has 4 rings (SSSR count). The number of hydrogen-bond acceptors (Lipinski definition) is 6. The maximum Gasteiger partial charge on any atom is 0.270 e. The Morgan fingerprint density at radius 1 is 0.917 bits per heavy atom. The second kappa shape index (κ2) is 11.2. The summed E-state index contributed by atoms with van der Waals surface area (Å²) in [6.07, 6.45) is 1.82. The van der Waals surface area contributed by atoms with Crippen molar-refractivity contribution in [3.05, 3.63) is 88.8 Å². The number of thiocarbonyl (C=S) groups is 1. The van der Waals surface area contributed by atoms with E-state index in [2.05, 4.69) is 32.9 Å². The highest BCUT2D eigenvalue weighted by atomic mass is 32.2. The van der Waals surface area contributed by atoms with E-state index in [0.29, 0.717) is 33.9 Å². The molecule has 3 aromatic carbocycles. The maximum absolute atomic E-state index is 13.0. The van der Waals surface area contributed by atoms with Crippen molar-refractivity contribution >= 4 is 46.0 Å². The van der Waals surface area contributed by atoms with Gasteiger partial charge in [0, 0.05) is 0 Å². The molecule has 36 heavy (non-hydrogen) atoms. The Labute approximate surface area is 222 Å². The number of benzene rings is 3. The van der Waals surface area contributed by atoms with Crippen LogP contribution in [0.2, 0.25) is 0 Å². The van der Waals surface area contributed by atoms with Crippen LogP contribution in [0, 0.1) is 0 Å². The molecule has 0 saturated carbocycles. The van der Waals surface area contributed by atoms with Gasteiger partial charge in [-0.05, 0) is 59.0 Å².